The van der Waals surface area contributed by atoms with E-state index in [0.717, 1.165) is 49.0 Å². The van der Waals surface area contributed by atoms with Crippen LogP contribution in [0.5, 0.6) is 0 Å². The lowest BCUT2D eigenvalue weighted by Crippen LogP contribution is -2.41. The van der Waals surface area contributed by atoms with Crippen molar-refractivity contribution in [3.8, 4) is 22.4 Å². The van der Waals surface area contributed by atoms with Crippen LogP contribution in [0.15, 0.2) is 76.7 Å². The van der Waals surface area contributed by atoms with E-state index >= 15 is 0 Å². The Hall–Kier alpha value is -2.93. The van der Waals surface area contributed by atoms with E-state index < -0.39 is 18.3 Å². The topological polar surface area (TPSA) is 44.5 Å². The molecule has 0 aliphatic carbocycles. The number of thiophene rings is 1. The number of hydrogen-bond acceptors (Lipinski definition) is 5. The second-order valence-corrected chi connectivity index (χ2v) is 10.5. The van der Waals surface area contributed by atoms with E-state index in [2.05, 4.69) is 75.5 Å². The van der Waals surface area contributed by atoms with Crippen LogP contribution in [0.2, 0.25) is 0 Å². The molecule has 33 heavy (non-hydrogen) atoms. The standard InChI is InChI=1S/C27H24BNO3S/c1-26(2)27(3,4)32-28(31-26)20-14-18(22-16-30-24-8-6-5-7-21(22)24)13-19(15-20)23-10-9-17-11-12-33-25(17)29-23/h5-16H,1-4H3. The van der Waals surface area contributed by atoms with E-state index in [1.54, 1.807) is 11.3 Å². The Morgan fingerprint density at radius 1 is 0.848 bits per heavy atom. The molecule has 1 saturated heterocycles. The number of benzene rings is 2. The van der Waals surface area contributed by atoms with Gasteiger partial charge in [-0.05, 0) is 74.4 Å². The van der Waals surface area contributed by atoms with Crippen molar-refractivity contribution in [1.82, 2.24) is 4.98 Å². The van der Waals surface area contributed by atoms with Crippen LogP contribution >= 0.6 is 11.3 Å². The number of furan rings is 1. The molecule has 0 atom stereocenters. The van der Waals surface area contributed by atoms with Crippen LogP contribution in [0, 0.1) is 0 Å². The van der Waals surface area contributed by atoms with Gasteiger partial charge in [0, 0.05) is 21.9 Å². The molecule has 2 aromatic carbocycles. The number of pyridine rings is 1. The third-order valence-corrected chi connectivity index (χ3v) is 7.71. The highest BCUT2D eigenvalue weighted by Crippen LogP contribution is 2.38. The monoisotopic (exact) mass is 453 g/mol. The van der Waals surface area contributed by atoms with Gasteiger partial charge in [0.1, 0.15) is 10.4 Å². The first-order chi connectivity index (χ1) is 15.8. The molecule has 0 amide bonds. The SMILES string of the molecule is CC1(C)OB(c2cc(-c3ccc4ccsc4n3)cc(-c3coc4ccccc34)c2)OC1(C)C. The van der Waals surface area contributed by atoms with Gasteiger partial charge in [0.05, 0.1) is 23.2 Å². The van der Waals surface area contributed by atoms with E-state index in [0.29, 0.717) is 0 Å². The molecule has 6 rings (SSSR count). The molecule has 164 valence electrons. The van der Waals surface area contributed by atoms with Crippen molar-refractivity contribution in [2.24, 2.45) is 0 Å². The smallest absolute Gasteiger partial charge is 0.464 e. The zero-order valence-corrected chi connectivity index (χ0v) is 19.9. The molecule has 1 aliphatic rings. The number of hydrogen-bond donors (Lipinski definition) is 0. The van der Waals surface area contributed by atoms with Gasteiger partial charge in [0.15, 0.2) is 0 Å². The van der Waals surface area contributed by atoms with Gasteiger partial charge in [-0.25, -0.2) is 4.98 Å². The maximum Gasteiger partial charge on any atom is 0.494 e. The third-order valence-electron chi connectivity index (χ3n) is 6.89. The fraction of sp³-hybridized carbons (Fsp3) is 0.222. The lowest BCUT2D eigenvalue weighted by molar-refractivity contribution is 0.00578. The van der Waals surface area contributed by atoms with Gasteiger partial charge in [-0.1, -0.05) is 30.3 Å². The lowest BCUT2D eigenvalue weighted by Gasteiger charge is -2.32. The molecule has 0 radical (unpaired) electrons. The maximum atomic E-state index is 6.39. The second-order valence-electron chi connectivity index (χ2n) is 9.59. The van der Waals surface area contributed by atoms with Crippen molar-refractivity contribution in [3.05, 3.63) is 72.3 Å². The highest BCUT2D eigenvalue weighted by atomic mass is 32.1. The van der Waals surface area contributed by atoms with Crippen LogP contribution in [-0.2, 0) is 9.31 Å². The number of fused-ring (bicyclic) bond motifs is 2. The molecular weight excluding hydrogens is 429 g/mol. The van der Waals surface area contributed by atoms with Gasteiger partial charge in [0.25, 0.3) is 0 Å². The average Bonchev–Trinajstić information content (AvgIpc) is 3.49. The Morgan fingerprint density at radius 2 is 1.61 bits per heavy atom. The summed E-state index contributed by atoms with van der Waals surface area (Å²) in [5.74, 6) is 0. The summed E-state index contributed by atoms with van der Waals surface area (Å²) < 4.78 is 18.6. The first-order valence-electron chi connectivity index (χ1n) is 11.1. The first-order valence-corrected chi connectivity index (χ1v) is 12.0. The number of rotatable bonds is 3. The molecule has 0 spiro atoms. The Morgan fingerprint density at radius 3 is 2.42 bits per heavy atom. The minimum atomic E-state index is -0.461. The third kappa shape index (κ3) is 3.41. The lowest BCUT2D eigenvalue weighted by atomic mass is 9.76. The minimum absolute atomic E-state index is 0.412. The van der Waals surface area contributed by atoms with E-state index in [-0.39, 0.29) is 0 Å². The Labute approximate surface area is 197 Å². The van der Waals surface area contributed by atoms with E-state index in [1.807, 2.05) is 24.5 Å². The zero-order chi connectivity index (χ0) is 22.8. The molecule has 0 bridgehead atoms. The van der Waals surface area contributed by atoms with E-state index in [1.165, 1.54) is 0 Å². The first kappa shape index (κ1) is 20.7. The number of aromatic nitrogens is 1. The fourth-order valence-electron chi connectivity index (χ4n) is 4.28. The number of nitrogens with zero attached hydrogens (tertiary/aromatic N) is 1. The van der Waals surface area contributed by atoms with E-state index in [9.17, 15) is 0 Å². The molecule has 6 heteroatoms. The van der Waals surface area contributed by atoms with E-state index in [4.69, 9.17) is 18.7 Å². The fourth-order valence-corrected chi connectivity index (χ4v) is 5.04. The summed E-state index contributed by atoms with van der Waals surface area (Å²) in [5, 5.41) is 4.31. The summed E-state index contributed by atoms with van der Waals surface area (Å²) >= 11 is 1.65. The predicted octanol–water partition coefficient (Wildman–Crippen LogP) is 6.68. The van der Waals surface area contributed by atoms with Crippen molar-refractivity contribution < 1.29 is 13.7 Å². The molecule has 0 unspecified atom stereocenters. The Balaban J connectivity index is 1.53. The van der Waals surface area contributed by atoms with Crippen molar-refractivity contribution in [1.29, 1.82) is 0 Å². The van der Waals surface area contributed by atoms with Crippen molar-refractivity contribution in [2.75, 3.05) is 0 Å². The van der Waals surface area contributed by atoms with Crippen LogP contribution in [0.3, 0.4) is 0 Å². The molecule has 3 aromatic heterocycles. The van der Waals surface area contributed by atoms with Gasteiger partial charge >= 0.3 is 7.12 Å². The van der Waals surface area contributed by atoms with Gasteiger partial charge in [-0.15, -0.1) is 11.3 Å². The highest BCUT2D eigenvalue weighted by molar-refractivity contribution is 7.16. The van der Waals surface area contributed by atoms with Crippen LogP contribution in [0.1, 0.15) is 27.7 Å². The summed E-state index contributed by atoms with van der Waals surface area (Å²) in [4.78, 5) is 5.96. The van der Waals surface area contributed by atoms with Crippen LogP contribution < -0.4 is 5.46 Å². The Bertz CT molecular complexity index is 1480. The second kappa shape index (κ2) is 7.29. The molecular formula is C27H24BNO3S. The summed E-state index contributed by atoms with van der Waals surface area (Å²) in [6.07, 6.45) is 1.83. The van der Waals surface area contributed by atoms with Gasteiger partial charge in [-0.3, -0.25) is 0 Å². The van der Waals surface area contributed by atoms with Crippen molar-refractivity contribution in [2.45, 2.75) is 38.9 Å². The zero-order valence-electron chi connectivity index (χ0n) is 19.1. The van der Waals surface area contributed by atoms with Crippen LogP contribution in [-0.4, -0.2) is 23.3 Å². The molecule has 0 N–H and O–H groups in total. The predicted molar refractivity (Wildman–Crippen MR) is 136 cm³/mol. The normalized spacial score (nSPS) is 17.3. The minimum Gasteiger partial charge on any atom is -0.464 e. The average molecular weight is 453 g/mol. The van der Waals surface area contributed by atoms with Crippen molar-refractivity contribution in [3.63, 3.8) is 0 Å². The molecule has 1 fully saturated rings. The summed E-state index contributed by atoms with van der Waals surface area (Å²) in [7, 11) is -0.461. The molecule has 1 aliphatic heterocycles. The summed E-state index contributed by atoms with van der Waals surface area (Å²) in [6.45, 7) is 8.31. The largest absolute Gasteiger partial charge is 0.494 e. The van der Waals surface area contributed by atoms with Gasteiger partial charge < -0.3 is 13.7 Å². The van der Waals surface area contributed by atoms with Gasteiger partial charge in [0.2, 0.25) is 0 Å². The van der Waals surface area contributed by atoms with Crippen molar-refractivity contribution >= 4 is 45.1 Å². The Kier molecular flexibility index (Phi) is 4.56. The summed E-state index contributed by atoms with van der Waals surface area (Å²) in [5.41, 5.74) is 5.06. The summed E-state index contributed by atoms with van der Waals surface area (Å²) in [6, 6.07) is 20.9. The van der Waals surface area contributed by atoms with Crippen LogP contribution in [0.4, 0.5) is 0 Å². The van der Waals surface area contributed by atoms with Crippen LogP contribution in [0.25, 0.3) is 43.6 Å². The molecule has 4 heterocycles. The van der Waals surface area contributed by atoms with Gasteiger partial charge in [-0.2, -0.15) is 0 Å². The number of para-hydroxylation sites is 1. The quantitative estimate of drug-likeness (QED) is 0.286. The maximum absolute atomic E-state index is 6.39. The molecule has 5 aromatic rings. The molecule has 4 nitrogen and oxygen atoms in total. The highest BCUT2D eigenvalue weighted by Gasteiger charge is 2.51. The molecule has 0 saturated carbocycles.